The molecule has 0 unspecified atom stereocenters. The molecule has 26 heavy (non-hydrogen) atoms. The van der Waals surface area contributed by atoms with E-state index in [0.29, 0.717) is 32.1 Å². The minimum Gasteiger partial charge on any atom is -0.494 e. The Bertz CT molecular complexity index is 768. The van der Waals surface area contributed by atoms with Crippen LogP contribution in [0.2, 0.25) is 0 Å². The molecular weight excluding hydrogens is 330 g/mol. The van der Waals surface area contributed by atoms with Crippen molar-refractivity contribution in [3.8, 4) is 17.2 Å². The van der Waals surface area contributed by atoms with Crippen LogP contribution in [0.3, 0.4) is 0 Å². The molecule has 1 aliphatic rings. The average molecular weight is 353 g/mol. The molecule has 1 N–H and O–H groups in total. The molecule has 1 amide bonds. The molecule has 1 heterocycles. The van der Waals surface area contributed by atoms with Crippen molar-refractivity contribution in [3.05, 3.63) is 59.7 Å². The summed E-state index contributed by atoms with van der Waals surface area (Å²) in [7, 11) is 0. The maximum atomic E-state index is 12.1. The van der Waals surface area contributed by atoms with Crippen LogP contribution in [0, 0.1) is 0 Å². The van der Waals surface area contributed by atoms with Crippen molar-refractivity contribution in [3.63, 3.8) is 0 Å². The maximum Gasteiger partial charge on any atom is 0.244 e. The molecule has 2 aromatic carbocycles. The topological polar surface area (TPSA) is 56.8 Å². The van der Waals surface area contributed by atoms with Gasteiger partial charge in [-0.2, -0.15) is 0 Å². The third-order valence-corrected chi connectivity index (χ3v) is 3.88. The fourth-order valence-corrected chi connectivity index (χ4v) is 2.58. The number of rotatable bonds is 7. The number of ether oxygens (including phenoxy) is 3. The van der Waals surface area contributed by atoms with Gasteiger partial charge in [-0.15, -0.1) is 0 Å². The fraction of sp³-hybridized carbons (Fsp3) is 0.286. The zero-order valence-electron chi connectivity index (χ0n) is 14.9. The largest absolute Gasteiger partial charge is 0.494 e. The van der Waals surface area contributed by atoms with E-state index in [1.807, 2.05) is 42.5 Å². The van der Waals surface area contributed by atoms with Crippen molar-refractivity contribution in [1.82, 2.24) is 5.32 Å². The number of benzene rings is 2. The number of carbonyl (C=O) groups is 1. The van der Waals surface area contributed by atoms with Crippen LogP contribution in [0.15, 0.2) is 48.5 Å². The lowest BCUT2D eigenvalue weighted by Gasteiger charge is -2.20. The second kappa shape index (κ2) is 8.94. The Morgan fingerprint density at radius 3 is 2.77 bits per heavy atom. The predicted octanol–water partition coefficient (Wildman–Crippen LogP) is 3.58. The van der Waals surface area contributed by atoms with Gasteiger partial charge in [0.2, 0.25) is 5.91 Å². The lowest BCUT2D eigenvalue weighted by atomic mass is 10.1. The first-order valence-electron chi connectivity index (χ1n) is 8.82. The van der Waals surface area contributed by atoms with Crippen LogP contribution in [-0.4, -0.2) is 25.7 Å². The van der Waals surface area contributed by atoms with E-state index in [9.17, 15) is 4.79 Å². The van der Waals surface area contributed by atoms with Crippen LogP contribution < -0.4 is 19.5 Å². The van der Waals surface area contributed by atoms with Gasteiger partial charge in [-0.05, 0) is 36.3 Å². The van der Waals surface area contributed by atoms with Gasteiger partial charge in [0, 0.05) is 18.2 Å². The van der Waals surface area contributed by atoms with E-state index in [1.54, 1.807) is 6.08 Å². The third kappa shape index (κ3) is 4.79. The van der Waals surface area contributed by atoms with Gasteiger partial charge in [-0.25, -0.2) is 0 Å². The molecule has 0 aliphatic carbocycles. The molecule has 0 atom stereocenters. The Kier molecular flexibility index (Phi) is 6.14. The van der Waals surface area contributed by atoms with Crippen molar-refractivity contribution < 1.29 is 19.0 Å². The molecule has 2 aromatic rings. The SMILES string of the molecule is CCCOc1ccc(/C=C/C(=O)NCc2cccc3c2OCCO3)cc1. The van der Waals surface area contributed by atoms with Crippen molar-refractivity contribution in [2.24, 2.45) is 0 Å². The molecule has 136 valence electrons. The van der Waals surface area contributed by atoms with Crippen molar-refractivity contribution in [2.75, 3.05) is 19.8 Å². The van der Waals surface area contributed by atoms with E-state index in [1.165, 1.54) is 6.08 Å². The van der Waals surface area contributed by atoms with Gasteiger partial charge in [0.15, 0.2) is 11.5 Å². The maximum absolute atomic E-state index is 12.1. The summed E-state index contributed by atoms with van der Waals surface area (Å²) >= 11 is 0. The minimum absolute atomic E-state index is 0.161. The quantitative estimate of drug-likeness (QED) is 0.773. The van der Waals surface area contributed by atoms with Crippen LogP contribution in [0.1, 0.15) is 24.5 Å². The highest BCUT2D eigenvalue weighted by Gasteiger charge is 2.15. The Labute approximate surface area is 153 Å². The fourth-order valence-electron chi connectivity index (χ4n) is 2.58. The summed E-state index contributed by atoms with van der Waals surface area (Å²) in [6, 6.07) is 13.3. The molecule has 5 heteroatoms. The van der Waals surface area contributed by atoms with E-state index in [-0.39, 0.29) is 5.91 Å². The van der Waals surface area contributed by atoms with E-state index >= 15 is 0 Å². The Balaban J connectivity index is 1.53. The normalized spacial score (nSPS) is 12.8. The molecular formula is C21H23NO4. The Hall–Kier alpha value is -2.95. The van der Waals surface area contributed by atoms with E-state index in [4.69, 9.17) is 14.2 Å². The first kappa shape index (κ1) is 17.9. The van der Waals surface area contributed by atoms with Gasteiger partial charge in [-0.3, -0.25) is 4.79 Å². The van der Waals surface area contributed by atoms with Crippen LogP contribution in [0.4, 0.5) is 0 Å². The van der Waals surface area contributed by atoms with Crippen LogP contribution in [0.25, 0.3) is 6.08 Å². The number of fused-ring (bicyclic) bond motifs is 1. The van der Waals surface area contributed by atoms with Gasteiger partial charge >= 0.3 is 0 Å². The van der Waals surface area contributed by atoms with E-state index in [0.717, 1.165) is 29.0 Å². The number of amides is 1. The molecule has 0 saturated heterocycles. The highest BCUT2D eigenvalue weighted by Crippen LogP contribution is 2.33. The minimum atomic E-state index is -0.161. The summed E-state index contributed by atoms with van der Waals surface area (Å²) in [6.07, 6.45) is 4.28. The second-order valence-electron chi connectivity index (χ2n) is 5.91. The monoisotopic (exact) mass is 353 g/mol. The summed E-state index contributed by atoms with van der Waals surface area (Å²) < 4.78 is 16.7. The molecule has 5 nitrogen and oxygen atoms in total. The first-order chi connectivity index (χ1) is 12.8. The first-order valence-corrected chi connectivity index (χ1v) is 8.82. The average Bonchev–Trinajstić information content (AvgIpc) is 2.70. The van der Waals surface area contributed by atoms with Crippen molar-refractivity contribution in [2.45, 2.75) is 19.9 Å². The molecule has 0 aromatic heterocycles. The zero-order chi connectivity index (χ0) is 18.2. The van der Waals surface area contributed by atoms with E-state index in [2.05, 4.69) is 12.2 Å². The lowest BCUT2D eigenvalue weighted by molar-refractivity contribution is -0.116. The van der Waals surface area contributed by atoms with Gasteiger partial charge in [0.25, 0.3) is 0 Å². The molecule has 0 radical (unpaired) electrons. The van der Waals surface area contributed by atoms with Crippen molar-refractivity contribution >= 4 is 12.0 Å². The number of hydrogen-bond acceptors (Lipinski definition) is 4. The number of hydrogen-bond donors (Lipinski definition) is 1. The molecule has 0 saturated carbocycles. The molecule has 3 rings (SSSR count). The summed E-state index contributed by atoms with van der Waals surface area (Å²) in [6.45, 7) is 4.23. The Morgan fingerprint density at radius 1 is 1.15 bits per heavy atom. The number of nitrogens with one attached hydrogen (secondary N) is 1. The summed E-state index contributed by atoms with van der Waals surface area (Å²) in [4.78, 5) is 12.1. The number of para-hydroxylation sites is 1. The summed E-state index contributed by atoms with van der Waals surface area (Å²) in [5.74, 6) is 2.12. The summed E-state index contributed by atoms with van der Waals surface area (Å²) in [5, 5.41) is 2.87. The standard InChI is InChI=1S/C21H23NO4/c1-2-12-24-18-9-6-16(7-10-18)8-11-20(23)22-15-17-4-3-5-19-21(17)26-14-13-25-19/h3-11H,2,12-15H2,1H3,(H,22,23)/b11-8+. The predicted molar refractivity (Wildman–Crippen MR) is 101 cm³/mol. The van der Waals surface area contributed by atoms with Crippen LogP contribution in [-0.2, 0) is 11.3 Å². The van der Waals surface area contributed by atoms with Crippen LogP contribution in [0.5, 0.6) is 17.2 Å². The zero-order valence-corrected chi connectivity index (χ0v) is 14.9. The van der Waals surface area contributed by atoms with Crippen molar-refractivity contribution in [1.29, 1.82) is 0 Å². The molecule has 0 spiro atoms. The highest BCUT2D eigenvalue weighted by molar-refractivity contribution is 5.91. The molecule has 0 bridgehead atoms. The second-order valence-corrected chi connectivity index (χ2v) is 5.91. The van der Waals surface area contributed by atoms with Gasteiger partial charge in [-0.1, -0.05) is 31.2 Å². The van der Waals surface area contributed by atoms with Crippen LogP contribution >= 0.6 is 0 Å². The van der Waals surface area contributed by atoms with Gasteiger partial charge < -0.3 is 19.5 Å². The highest BCUT2D eigenvalue weighted by atomic mass is 16.6. The summed E-state index contributed by atoms with van der Waals surface area (Å²) in [5.41, 5.74) is 1.85. The number of carbonyl (C=O) groups excluding carboxylic acids is 1. The van der Waals surface area contributed by atoms with Gasteiger partial charge in [0.1, 0.15) is 19.0 Å². The van der Waals surface area contributed by atoms with Gasteiger partial charge in [0.05, 0.1) is 6.61 Å². The molecule has 0 fully saturated rings. The molecule has 1 aliphatic heterocycles. The Morgan fingerprint density at radius 2 is 1.96 bits per heavy atom. The van der Waals surface area contributed by atoms with E-state index < -0.39 is 0 Å². The smallest absolute Gasteiger partial charge is 0.244 e. The third-order valence-electron chi connectivity index (χ3n) is 3.88. The lowest BCUT2D eigenvalue weighted by Crippen LogP contribution is -2.22.